The molecule has 0 unspecified atom stereocenters. The van der Waals surface area contributed by atoms with Crippen LogP contribution in [-0.2, 0) is 6.54 Å². The third-order valence-electron chi connectivity index (χ3n) is 2.90. The van der Waals surface area contributed by atoms with Crippen LogP contribution in [0.2, 0.25) is 5.02 Å². The zero-order valence-electron chi connectivity index (χ0n) is 11.3. The predicted molar refractivity (Wildman–Crippen MR) is 80.5 cm³/mol. The van der Waals surface area contributed by atoms with Crippen molar-refractivity contribution >= 4 is 28.9 Å². The number of nitrogen functional groups attached to an aromatic ring is 1. The fourth-order valence-corrected chi connectivity index (χ4v) is 2.12. The summed E-state index contributed by atoms with van der Waals surface area (Å²) in [6, 6.07) is 6.67. The van der Waals surface area contributed by atoms with Crippen LogP contribution in [0.15, 0.2) is 30.5 Å². The first kappa shape index (κ1) is 14.3. The van der Waals surface area contributed by atoms with Crippen molar-refractivity contribution in [1.29, 1.82) is 0 Å². The Morgan fingerprint density at radius 3 is 2.85 bits per heavy atom. The molecule has 0 saturated carbocycles. The van der Waals surface area contributed by atoms with Gasteiger partial charge in [0.25, 0.3) is 5.91 Å². The van der Waals surface area contributed by atoms with Gasteiger partial charge in [0.15, 0.2) is 0 Å². The van der Waals surface area contributed by atoms with E-state index < -0.39 is 0 Å². The highest BCUT2D eigenvalue weighted by Gasteiger charge is 2.14. The Hall–Kier alpha value is -2.14. The average molecular weight is 294 g/mol. The molecule has 0 fully saturated rings. The van der Waals surface area contributed by atoms with Crippen LogP contribution < -0.4 is 15.8 Å². The normalized spacial score (nSPS) is 10.3. The molecular weight excluding hydrogens is 278 g/mol. The molecule has 3 N–H and O–H groups in total. The van der Waals surface area contributed by atoms with Gasteiger partial charge in [-0.15, -0.1) is 0 Å². The molecule has 0 bridgehead atoms. The van der Waals surface area contributed by atoms with Gasteiger partial charge in [-0.25, -0.2) is 0 Å². The maximum Gasteiger partial charge on any atom is 0.272 e. The number of aryl methyl sites for hydroxylation is 1. The van der Waals surface area contributed by atoms with Crippen LogP contribution in [0.25, 0.3) is 0 Å². The van der Waals surface area contributed by atoms with E-state index in [9.17, 15) is 4.79 Å². The van der Waals surface area contributed by atoms with Crippen molar-refractivity contribution in [2.75, 3.05) is 18.2 Å². The summed E-state index contributed by atoms with van der Waals surface area (Å²) in [5.41, 5.74) is 7.28. The van der Waals surface area contributed by atoms with Crippen LogP contribution in [0.4, 0.5) is 11.4 Å². The number of hydrogen-bond acceptors (Lipinski definition) is 3. The highest BCUT2D eigenvalue weighted by atomic mass is 35.5. The van der Waals surface area contributed by atoms with E-state index in [1.807, 2.05) is 6.92 Å². The molecule has 5 nitrogen and oxygen atoms in total. The van der Waals surface area contributed by atoms with E-state index in [1.165, 1.54) is 7.11 Å². The Kier molecular flexibility index (Phi) is 4.20. The van der Waals surface area contributed by atoms with Crippen molar-refractivity contribution in [2.24, 2.45) is 0 Å². The fourth-order valence-electron chi connectivity index (χ4n) is 1.95. The topological polar surface area (TPSA) is 69.3 Å². The quantitative estimate of drug-likeness (QED) is 0.910. The van der Waals surface area contributed by atoms with Gasteiger partial charge in [0.1, 0.15) is 11.4 Å². The second kappa shape index (κ2) is 5.88. The lowest BCUT2D eigenvalue weighted by Crippen LogP contribution is -2.16. The highest BCUT2D eigenvalue weighted by molar-refractivity contribution is 6.31. The summed E-state index contributed by atoms with van der Waals surface area (Å²) in [4.78, 5) is 12.3. The lowest BCUT2D eigenvalue weighted by Gasteiger charge is -2.11. The Bertz CT molecular complexity index is 637. The number of anilines is 2. The zero-order chi connectivity index (χ0) is 14.7. The second-order valence-corrected chi connectivity index (χ2v) is 4.68. The summed E-state index contributed by atoms with van der Waals surface area (Å²) >= 11 is 5.93. The molecule has 1 amide bonds. The Morgan fingerprint density at radius 2 is 2.20 bits per heavy atom. The molecule has 1 aromatic heterocycles. The number of nitrogens with two attached hydrogens (primary N) is 1. The van der Waals surface area contributed by atoms with Crippen LogP contribution in [-0.4, -0.2) is 17.6 Å². The number of carbonyl (C=O) groups is 1. The fraction of sp³-hybridized carbons (Fsp3) is 0.214. The van der Waals surface area contributed by atoms with Crippen molar-refractivity contribution < 1.29 is 9.53 Å². The third-order valence-corrected chi connectivity index (χ3v) is 3.14. The summed E-state index contributed by atoms with van der Waals surface area (Å²) in [5.74, 6) is 0.287. The van der Waals surface area contributed by atoms with E-state index in [0.29, 0.717) is 34.4 Å². The third kappa shape index (κ3) is 2.88. The van der Waals surface area contributed by atoms with Crippen molar-refractivity contribution in [3.8, 4) is 5.75 Å². The lowest BCUT2D eigenvalue weighted by molar-refractivity contribution is 0.101. The SMILES string of the molecule is CCn1cc(N)cc1C(=O)Nc1cc(Cl)ccc1OC. The average Bonchev–Trinajstić information content (AvgIpc) is 2.80. The highest BCUT2D eigenvalue weighted by Crippen LogP contribution is 2.28. The molecule has 1 aromatic carbocycles. The van der Waals surface area contributed by atoms with E-state index in [0.717, 1.165) is 0 Å². The molecule has 2 rings (SSSR count). The summed E-state index contributed by atoms with van der Waals surface area (Å²) in [6.07, 6.45) is 1.73. The predicted octanol–water partition coefficient (Wildman–Crippen LogP) is 3.00. The molecule has 2 aromatic rings. The van der Waals surface area contributed by atoms with Gasteiger partial charge in [0.2, 0.25) is 0 Å². The van der Waals surface area contributed by atoms with Crippen molar-refractivity contribution in [1.82, 2.24) is 4.57 Å². The minimum atomic E-state index is -0.260. The van der Waals surface area contributed by atoms with Crippen molar-refractivity contribution in [3.63, 3.8) is 0 Å². The molecule has 106 valence electrons. The van der Waals surface area contributed by atoms with Gasteiger partial charge in [-0.1, -0.05) is 11.6 Å². The summed E-state index contributed by atoms with van der Waals surface area (Å²) < 4.78 is 6.97. The molecule has 0 aliphatic rings. The number of halogens is 1. The maximum absolute atomic E-state index is 12.3. The second-order valence-electron chi connectivity index (χ2n) is 4.24. The Morgan fingerprint density at radius 1 is 1.45 bits per heavy atom. The number of nitrogens with one attached hydrogen (secondary N) is 1. The minimum absolute atomic E-state index is 0.260. The minimum Gasteiger partial charge on any atom is -0.495 e. The van der Waals surface area contributed by atoms with Crippen molar-refractivity contribution in [2.45, 2.75) is 13.5 Å². The maximum atomic E-state index is 12.3. The monoisotopic (exact) mass is 293 g/mol. The molecule has 0 aliphatic carbocycles. The standard InChI is InChI=1S/C14H16ClN3O2/c1-3-18-8-10(16)7-12(18)14(19)17-11-6-9(15)4-5-13(11)20-2/h4-8H,3,16H2,1-2H3,(H,17,19). The molecule has 20 heavy (non-hydrogen) atoms. The molecule has 0 radical (unpaired) electrons. The van der Waals surface area contributed by atoms with Crippen LogP contribution in [0.3, 0.4) is 0 Å². The van der Waals surface area contributed by atoms with Crippen LogP contribution in [0.1, 0.15) is 17.4 Å². The van der Waals surface area contributed by atoms with Gasteiger partial charge in [-0.3, -0.25) is 4.79 Å². The van der Waals surface area contributed by atoms with Gasteiger partial charge >= 0.3 is 0 Å². The first-order valence-electron chi connectivity index (χ1n) is 6.15. The largest absolute Gasteiger partial charge is 0.495 e. The lowest BCUT2D eigenvalue weighted by atomic mass is 10.2. The first-order valence-corrected chi connectivity index (χ1v) is 6.53. The number of ether oxygens (including phenoxy) is 1. The van der Waals surface area contributed by atoms with E-state index in [4.69, 9.17) is 22.1 Å². The first-order chi connectivity index (χ1) is 9.55. The van der Waals surface area contributed by atoms with Gasteiger partial charge in [-0.05, 0) is 31.2 Å². The number of nitrogens with zero attached hydrogens (tertiary/aromatic N) is 1. The summed E-state index contributed by atoms with van der Waals surface area (Å²) in [5, 5.41) is 3.30. The van der Waals surface area contributed by atoms with Crippen LogP contribution in [0, 0.1) is 0 Å². The van der Waals surface area contributed by atoms with Gasteiger partial charge in [-0.2, -0.15) is 0 Å². The van der Waals surface area contributed by atoms with Gasteiger partial charge in [0, 0.05) is 17.8 Å². The zero-order valence-corrected chi connectivity index (χ0v) is 12.1. The number of aromatic nitrogens is 1. The van der Waals surface area contributed by atoms with Gasteiger partial charge < -0.3 is 20.4 Å². The number of carbonyl (C=O) groups excluding carboxylic acids is 1. The summed E-state index contributed by atoms with van der Waals surface area (Å²) in [7, 11) is 1.53. The molecule has 6 heteroatoms. The number of methoxy groups -OCH3 is 1. The van der Waals surface area contributed by atoms with E-state index >= 15 is 0 Å². The number of rotatable bonds is 4. The van der Waals surface area contributed by atoms with Crippen LogP contribution >= 0.6 is 11.6 Å². The Balaban J connectivity index is 2.29. The van der Waals surface area contributed by atoms with E-state index in [-0.39, 0.29) is 5.91 Å². The Labute approximate surface area is 122 Å². The molecule has 0 atom stereocenters. The van der Waals surface area contributed by atoms with Crippen LogP contribution in [0.5, 0.6) is 5.75 Å². The molecular formula is C14H16ClN3O2. The number of benzene rings is 1. The van der Waals surface area contributed by atoms with Crippen molar-refractivity contribution in [3.05, 3.63) is 41.2 Å². The van der Waals surface area contributed by atoms with E-state index in [2.05, 4.69) is 5.32 Å². The smallest absolute Gasteiger partial charge is 0.272 e. The molecule has 0 saturated heterocycles. The van der Waals surface area contributed by atoms with Gasteiger partial charge in [0.05, 0.1) is 18.5 Å². The number of amides is 1. The molecule has 0 aliphatic heterocycles. The molecule has 1 heterocycles. The summed E-state index contributed by atoms with van der Waals surface area (Å²) in [6.45, 7) is 2.60. The molecule has 0 spiro atoms. The van der Waals surface area contributed by atoms with E-state index in [1.54, 1.807) is 35.0 Å². The number of hydrogen-bond donors (Lipinski definition) is 2.